The number of aryl methyl sites for hydroxylation is 2. The van der Waals surface area contributed by atoms with Crippen molar-refractivity contribution in [2.75, 3.05) is 0 Å². The molecule has 0 amide bonds. The number of halogens is 2. The number of rotatable bonds is 0. The van der Waals surface area contributed by atoms with Crippen LogP contribution in [0.1, 0.15) is 17.5 Å². The summed E-state index contributed by atoms with van der Waals surface area (Å²) in [5.41, 5.74) is 2.21. The average molecular weight is 322 g/mol. The third-order valence-corrected chi connectivity index (χ3v) is 1.79. The van der Waals surface area contributed by atoms with Gasteiger partial charge < -0.3 is 5.11 Å². The fourth-order valence-electron chi connectivity index (χ4n) is 1.29. The fraction of sp³-hybridized carbons (Fsp3) is 0.214. The molecule has 2 rings (SSSR count). The molecule has 0 heterocycles. The Bertz CT molecular complexity index is 316. The molecule has 1 nitrogen and oxygen atoms in total. The molecule has 4 heteroatoms. The predicted molar refractivity (Wildman–Crippen MR) is 80.8 cm³/mol. The van der Waals surface area contributed by atoms with Gasteiger partial charge in [-0.3, -0.25) is 6.08 Å². The van der Waals surface area contributed by atoms with Gasteiger partial charge in [0.2, 0.25) is 0 Å². The normalized spacial score (nSPS) is 10.0. The Morgan fingerprint density at radius 3 is 1.83 bits per heavy atom. The minimum atomic E-state index is 0. The number of aromatic hydroxyl groups is 1. The first-order valence-corrected chi connectivity index (χ1v) is 6.13. The van der Waals surface area contributed by atoms with E-state index in [0.29, 0.717) is 5.75 Å². The van der Waals surface area contributed by atoms with Gasteiger partial charge in [0.15, 0.2) is 0 Å². The van der Waals surface area contributed by atoms with Gasteiger partial charge >= 0.3 is 24.8 Å². The molecule has 1 aliphatic rings. The van der Waals surface area contributed by atoms with E-state index < -0.39 is 0 Å². The Labute approximate surface area is 134 Å². The molecule has 1 aromatic rings. The van der Waals surface area contributed by atoms with Crippen molar-refractivity contribution in [2.24, 2.45) is 0 Å². The maximum absolute atomic E-state index is 8.99. The van der Waals surface area contributed by atoms with Crippen LogP contribution < -0.4 is 0 Å². The number of phenolic OH excluding ortho intramolecular Hbond substituents is 1. The molecular formula is C14H19Cl2OTi. The average Bonchev–Trinajstić information content (AvgIpc) is 2.76. The summed E-state index contributed by atoms with van der Waals surface area (Å²) in [6.07, 6.45) is 10.0. The van der Waals surface area contributed by atoms with E-state index in [1.165, 1.54) is 0 Å². The summed E-state index contributed by atoms with van der Waals surface area (Å²) in [7, 11) is 0. The molecule has 0 saturated carbocycles. The van der Waals surface area contributed by atoms with E-state index >= 15 is 0 Å². The molecule has 0 fully saturated rings. The van der Waals surface area contributed by atoms with Crippen LogP contribution in [-0.2, 0) is 20.0 Å². The van der Waals surface area contributed by atoms with E-state index in [0.717, 1.165) is 17.5 Å². The molecule has 1 N–H and O–H groups in total. The van der Waals surface area contributed by atoms with E-state index in [4.69, 9.17) is 5.11 Å². The van der Waals surface area contributed by atoms with Crippen LogP contribution in [0.4, 0.5) is 0 Å². The molecule has 0 saturated heterocycles. The molecule has 0 atom stereocenters. The quantitative estimate of drug-likeness (QED) is 0.563. The Kier molecular flexibility index (Phi) is 18.7. The van der Waals surface area contributed by atoms with Crippen LogP contribution in [0.25, 0.3) is 0 Å². The van der Waals surface area contributed by atoms with Crippen molar-refractivity contribution in [3.63, 3.8) is 0 Å². The second kappa shape index (κ2) is 14.7. The van der Waals surface area contributed by atoms with Gasteiger partial charge in [0.25, 0.3) is 0 Å². The molecule has 1 aliphatic carbocycles. The summed E-state index contributed by atoms with van der Waals surface area (Å²) in [5, 5.41) is 8.99. The summed E-state index contributed by atoms with van der Waals surface area (Å²) in [6, 6.07) is 5.51. The van der Waals surface area contributed by atoms with Gasteiger partial charge in [-0.1, -0.05) is 6.07 Å². The van der Waals surface area contributed by atoms with E-state index in [-0.39, 0.29) is 24.8 Å². The zero-order valence-electron chi connectivity index (χ0n) is 10.6. The van der Waals surface area contributed by atoms with Crippen molar-refractivity contribution in [1.82, 2.24) is 0 Å². The number of hydrogen-bond acceptors (Lipinski definition) is 1. The number of phenols is 1. The molecular weight excluding hydrogens is 303 g/mol. The summed E-state index contributed by atoms with van der Waals surface area (Å²) in [6.45, 7) is 3.93. The zero-order valence-corrected chi connectivity index (χ0v) is 13.8. The van der Waals surface area contributed by atoms with Crippen LogP contribution in [0, 0.1) is 19.9 Å². The second-order valence-corrected chi connectivity index (χ2v) is 3.35. The Morgan fingerprint density at radius 2 is 1.61 bits per heavy atom. The van der Waals surface area contributed by atoms with Crippen molar-refractivity contribution in [3.05, 3.63) is 53.6 Å². The van der Waals surface area contributed by atoms with Crippen molar-refractivity contribution in [2.45, 2.75) is 20.3 Å². The van der Waals surface area contributed by atoms with Crippen molar-refractivity contribution in [1.29, 1.82) is 0 Å². The van der Waals surface area contributed by atoms with E-state index in [1.807, 2.05) is 32.1 Å². The number of benzene rings is 1. The van der Waals surface area contributed by atoms with Crippen LogP contribution in [0.15, 0.2) is 36.4 Å². The molecule has 0 aliphatic heterocycles. The summed E-state index contributed by atoms with van der Waals surface area (Å²) in [5.74, 6) is 0.354. The molecule has 0 radical (unpaired) electrons. The van der Waals surface area contributed by atoms with Crippen molar-refractivity contribution in [3.8, 4) is 5.75 Å². The van der Waals surface area contributed by atoms with Gasteiger partial charge in [-0.15, -0.1) is 31.2 Å². The summed E-state index contributed by atoms with van der Waals surface area (Å²) >= 11 is 1.75. The van der Waals surface area contributed by atoms with E-state index in [1.54, 1.807) is 32.1 Å². The Morgan fingerprint density at radius 1 is 1.11 bits per heavy atom. The van der Waals surface area contributed by atoms with E-state index in [9.17, 15) is 0 Å². The van der Waals surface area contributed by atoms with Gasteiger partial charge in [0, 0.05) is 0 Å². The summed E-state index contributed by atoms with van der Waals surface area (Å²) in [4.78, 5) is 3.25. The number of hydrogen-bond donors (Lipinski definition) is 1. The molecule has 0 aromatic heterocycles. The predicted octanol–water partition coefficient (Wildman–Crippen LogP) is 4.12. The van der Waals surface area contributed by atoms with Gasteiger partial charge in [0.05, 0.1) is 0 Å². The molecule has 0 unspecified atom stereocenters. The first-order valence-electron chi connectivity index (χ1n) is 5.03. The van der Waals surface area contributed by atoms with Crippen LogP contribution in [0.3, 0.4) is 0 Å². The minimum absolute atomic E-state index is 0. The standard InChI is InChI=1S/C8H10O.C5H5.CH2.2ClH.Ti/c1-6-3-7(2)5-8(9)4-6;1-2-4-5-3-1;;;;/h3-5,9H,1-2H3;1-3H,4H2;1H2;2*1H;/q;-1;;;;+1. The molecule has 0 bridgehead atoms. The van der Waals surface area contributed by atoms with Gasteiger partial charge in [-0.25, -0.2) is 12.2 Å². The second-order valence-electron chi connectivity index (χ2n) is 3.35. The molecule has 99 valence electrons. The summed E-state index contributed by atoms with van der Waals surface area (Å²) < 4.78 is 0. The topological polar surface area (TPSA) is 20.2 Å². The van der Waals surface area contributed by atoms with Gasteiger partial charge in [0.1, 0.15) is 5.75 Å². The van der Waals surface area contributed by atoms with Crippen LogP contribution in [0.5, 0.6) is 5.75 Å². The SMILES string of the molecule is Cc1cc(C)cc(O)c1.Cl.Cl.[C-]1=CC=CC1.[CH2]=[Ti+]. The van der Waals surface area contributed by atoms with Gasteiger partial charge in [-0.2, -0.15) is 6.08 Å². The van der Waals surface area contributed by atoms with Crippen LogP contribution in [-0.4, -0.2) is 9.92 Å². The van der Waals surface area contributed by atoms with Crippen LogP contribution in [0.2, 0.25) is 0 Å². The maximum atomic E-state index is 8.99. The van der Waals surface area contributed by atoms with Crippen molar-refractivity contribution < 1.29 is 25.1 Å². The molecule has 18 heavy (non-hydrogen) atoms. The molecule has 1 aromatic carbocycles. The monoisotopic (exact) mass is 321 g/mol. The fourth-order valence-corrected chi connectivity index (χ4v) is 1.29. The third-order valence-electron chi connectivity index (χ3n) is 1.79. The van der Waals surface area contributed by atoms with E-state index in [2.05, 4.69) is 17.0 Å². The third kappa shape index (κ3) is 12.1. The zero-order chi connectivity index (χ0) is 12.4. The first kappa shape index (κ1) is 22.8. The Hall–Kier alpha value is -0.336. The van der Waals surface area contributed by atoms with Crippen LogP contribution >= 0.6 is 24.8 Å². The molecule has 0 spiro atoms. The Balaban J connectivity index is -0.000000217. The first-order chi connectivity index (χ1) is 7.68. The number of allylic oxidation sites excluding steroid dienone is 4. The van der Waals surface area contributed by atoms with Crippen molar-refractivity contribution >= 4 is 29.6 Å². The van der Waals surface area contributed by atoms with Gasteiger partial charge in [-0.05, 0) is 37.1 Å².